The number of rotatable bonds is 5. The molecule has 1 saturated carbocycles. The monoisotopic (exact) mass is 395 g/mol. The van der Waals surface area contributed by atoms with Gasteiger partial charge in [0.25, 0.3) is 0 Å². The van der Waals surface area contributed by atoms with Crippen molar-refractivity contribution in [1.29, 1.82) is 0 Å². The van der Waals surface area contributed by atoms with Gasteiger partial charge in [0, 0.05) is 17.9 Å². The molecule has 1 atom stereocenters. The van der Waals surface area contributed by atoms with E-state index in [9.17, 15) is 14.7 Å². The first-order valence-electron chi connectivity index (χ1n) is 10.0. The second-order valence-corrected chi connectivity index (χ2v) is 7.33. The highest BCUT2D eigenvalue weighted by Gasteiger charge is 2.36. The first-order valence-corrected chi connectivity index (χ1v) is 10.0. The van der Waals surface area contributed by atoms with Gasteiger partial charge in [-0.2, -0.15) is 0 Å². The van der Waals surface area contributed by atoms with E-state index in [-0.39, 0.29) is 5.41 Å². The molecule has 0 saturated heterocycles. The lowest BCUT2D eigenvalue weighted by Crippen LogP contribution is -2.86. The molecule has 0 bridgehead atoms. The van der Waals surface area contributed by atoms with E-state index in [0.717, 1.165) is 6.04 Å². The van der Waals surface area contributed by atoms with Crippen molar-refractivity contribution in [3.63, 3.8) is 0 Å². The number of aliphatic carboxylic acids is 2. The summed E-state index contributed by atoms with van der Waals surface area (Å²) in [6.07, 6.45) is 7.44. The summed E-state index contributed by atoms with van der Waals surface area (Å²) in [4.78, 5) is 19.0. The third-order valence-corrected chi connectivity index (χ3v) is 5.61. The molecule has 154 valence electrons. The Hall–Kier alpha value is -2.92. The van der Waals surface area contributed by atoms with Crippen molar-refractivity contribution < 1.29 is 25.1 Å². The molecule has 0 aromatic heterocycles. The van der Waals surface area contributed by atoms with E-state index < -0.39 is 11.9 Å². The van der Waals surface area contributed by atoms with Gasteiger partial charge >= 0.3 is 5.97 Å². The molecule has 1 unspecified atom stereocenters. The van der Waals surface area contributed by atoms with Crippen LogP contribution < -0.4 is 10.4 Å². The number of carbonyl (C=O) groups excluding carboxylic acids is 1. The topological polar surface area (TPSA) is 94.0 Å². The van der Waals surface area contributed by atoms with E-state index in [1.54, 1.807) is 0 Å². The van der Waals surface area contributed by atoms with E-state index in [4.69, 9.17) is 5.11 Å². The zero-order chi connectivity index (χ0) is 21.1. The van der Waals surface area contributed by atoms with Crippen LogP contribution in [0.1, 0.15) is 43.2 Å². The third kappa shape index (κ3) is 6.57. The molecule has 1 fully saturated rings. The van der Waals surface area contributed by atoms with Crippen molar-refractivity contribution in [3.8, 4) is 0 Å². The second kappa shape index (κ2) is 11.2. The highest BCUT2D eigenvalue weighted by molar-refractivity contribution is 5.88. The van der Waals surface area contributed by atoms with Gasteiger partial charge in [-0.05, 0) is 42.9 Å². The summed E-state index contributed by atoms with van der Waals surface area (Å²) < 4.78 is 0. The molecule has 0 radical (unpaired) electrons. The van der Waals surface area contributed by atoms with Crippen LogP contribution in [0.15, 0.2) is 72.8 Å². The Morgan fingerprint density at radius 2 is 1.52 bits per heavy atom. The smallest absolute Gasteiger partial charge is 0.328 e. The van der Waals surface area contributed by atoms with Crippen molar-refractivity contribution in [1.82, 2.24) is 0 Å². The van der Waals surface area contributed by atoms with Crippen LogP contribution in [0.2, 0.25) is 0 Å². The molecule has 0 heterocycles. The Morgan fingerprint density at radius 1 is 0.966 bits per heavy atom. The lowest BCUT2D eigenvalue weighted by molar-refractivity contribution is -0.664. The first-order chi connectivity index (χ1) is 14.0. The first kappa shape index (κ1) is 22.4. The van der Waals surface area contributed by atoms with Crippen LogP contribution in [-0.4, -0.2) is 30.1 Å². The number of hydrogen-bond acceptors (Lipinski definition) is 3. The van der Waals surface area contributed by atoms with Gasteiger partial charge in [-0.25, -0.2) is 4.79 Å². The lowest BCUT2D eigenvalue weighted by Gasteiger charge is -2.34. The average Bonchev–Trinajstić information content (AvgIpc) is 2.97. The maximum Gasteiger partial charge on any atom is 0.328 e. The van der Waals surface area contributed by atoms with Crippen molar-refractivity contribution in [3.05, 3.63) is 83.9 Å². The van der Waals surface area contributed by atoms with Gasteiger partial charge < -0.3 is 20.3 Å². The fourth-order valence-electron chi connectivity index (χ4n) is 4.10. The van der Waals surface area contributed by atoms with Gasteiger partial charge in [0.1, 0.15) is 0 Å². The second-order valence-electron chi connectivity index (χ2n) is 7.33. The van der Waals surface area contributed by atoms with Gasteiger partial charge in [0.05, 0.1) is 19.1 Å². The molecule has 3 N–H and O–H groups in total. The van der Waals surface area contributed by atoms with E-state index >= 15 is 0 Å². The molecule has 0 aliphatic heterocycles. The highest BCUT2D eigenvalue weighted by Crippen LogP contribution is 2.43. The normalized spacial score (nSPS) is 18.3. The Bertz CT molecular complexity index is 747. The molecule has 5 heteroatoms. The van der Waals surface area contributed by atoms with Crippen molar-refractivity contribution in [2.45, 2.75) is 43.6 Å². The minimum Gasteiger partial charge on any atom is -0.545 e. The van der Waals surface area contributed by atoms with Crippen LogP contribution in [0.5, 0.6) is 0 Å². The van der Waals surface area contributed by atoms with E-state index in [1.807, 2.05) is 0 Å². The van der Waals surface area contributed by atoms with Crippen LogP contribution in [0, 0.1) is 0 Å². The van der Waals surface area contributed by atoms with Crippen LogP contribution >= 0.6 is 0 Å². The number of benzene rings is 2. The maximum absolute atomic E-state index is 9.53. The average molecular weight is 395 g/mol. The quantitative estimate of drug-likeness (QED) is 0.597. The predicted molar refractivity (Wildman–Crippen MR) is 110 cm³/mol. The summed E-state index contributed by atoms with van der Waals surface area (Å²) in [6.45, 7) is 0. The predicted octanol–water partition coefficient (Wildman–Crippen LogP) is 1.88. The summed E-state index contributed by atoms with van der Waals surface area (Å²) in [5.41, 5.74) is 3.20. The van der Waals surface area contributed by atoms with Crippen LogP contribution in [-0.2, 0) is 15.0 Å². The number of hydrogen-bond donors (Lipinski definition) is 2. The maximum atomic E-state index is 9.53. The van der Waals surface area contributed by atoms with E-state index in [2.05, 4.69) is 73.0 Å². The Labute approximate surface area is 172 Å². The summed E-state index contributed by atoms with van der Waals surface area (Å²) in [5.74, 6) is -2.80. The fraction of sp³-hybridized carbons (Fsp3) is 0.333. The third-order valence-electron chi connectivity index (χ3n) is 5.61. The number of carbonyl (C=O) groups is 2. The van der Waals surface area contributed by atoms with Crippen LogP contribution in [0.3, 0.4) is 0 Å². The number of quaternary nitrogens is 1. The number of carboxylic acids is 2. The Morgan fingerprint density at radius 3 is 1.93 bits per heavy atom. The summed E-state index contributed by atoms with van der Waals surface area (Å²) in [6, 6.07) is 23.1. The summed E-state index contributed by atoms with van der Waals surface area (Å²) >= 11 is 0. The summed E-state index contributed by atoms with van der Waals surface area (Å²) in [5, 5.41) is 19.6. The molecule has 1 aliphatic rings. The molecular weight excluding hydrogens is 366 g/mol. The van der Waals surface area contributed by atoms with Gasteiger partial charge in [-0.1, -0.05) is 60.7 Å². The molecule has 29 heavy (non-hydrogen) atoms. The molecular formula is C24H29NO4. The zero-order valence-electron chi connectivity index (χ0n) is 16.8. The molecule has 3 rings (SSSR count). The molecule has 2 aromatic carbocycles. The molecule has 2 aromatic rings. The minimum absolute atomic E-state index is 0.209. The van der Waals surface area contributed by atoms with E-state index in [1.165, 1.54) is 43.2 Å². The molecule has 1 aliphatic carbocycles. The minimum atomic E-state index is -1.51. The van der Waals surface area contributed by atoms with Crippen molar-refractivity contribution in [2.75, 3.05) is 7.05 Å². The van der Waals surface area contributed by atoms with Gasteiger partial charge in [0.2, 0.25) is 0 Å². The van der Waals surface area contributed by atoms with Gasteiger partial charge in [0.15, 0.2) is 0 Å². The Balaban J connectivity index is 0.000000321. The summed E-state index contributed by atoms with van der Waals surface area (Å²) in [7, 11) is 2.22. The highest BCUT2D eigenvalue weighted by atomic mass is 16.4. The standard InChI is InChI=1S/C20H25N.C4H4O4/c1-21-19-13-8-15-20(16-14-19,17-9-4-2-5-10-17)18-11-6-3-7-12-18;5-3(6)1-2-4(7)8/h2-7,9-12,19,21H,8,13-16H2,1H3;1-2H,(H,5,6)(H,7,8)/b;2-1-. The van der Waals surface area contributed by atoms with Crippen LogP contribution in [0.25, 0.3) is 0 Å². The molecule has 0 spiro atoms. The SMILES string of the molecule is C[NH2+]C1CCCC(c2ccccc2)(c2ccccc2)CC1.O=C([O-])/C=C\C(=O)O. The largest absolute Gasteiger partial charge is 0.545 e. The lowest BCUT2D eigenvalue weighted by atomic mass is 9.69. The fourth-order valence-corrected chi connectivity index (χ4v) is 4.10. The van der Waals surface area contributed by atoms with E-state index in [0.29, 0.717) is 12.2 Å². The number of nitrogens with two attached hydrogens (primary N) is 1. The number of carboxylic acid groups (broad SMARTS) is 2. The van der Waals surface area contributed by atoms with Crippen LogP contribution in [0.4, 0.5) is 0 Å². The molecule has 0 amide bonds. The van der Waals surface area contributed by atoms with Gasteiger partial charge in [-0.3, -0.25) is 0 Å². The molecule has 5 nitrogen and oxygen atoms in total. The van der Waals surface area contributed by atoms with Gasteiger partial charge in [-0.15, -0.1) is 0 Å². The van der Waals surface area contributed by atoms with Crippen molar-refractivity contribution >= 4 is 11.9 Å². The van der Waals surface area contributed by atoms with Crippen molar-refractivity contribution in [2.24, 2.45) is 0 Å². The Kier molecular flexibility index (Phi) is 8.62. The zero-order valence-corrected chi connectivity index (χ0v) is 16.8.